The third kappa shape index (κ3) is 5.69. The van der Waals surface area contributed by atoms with E-state index in [0.717, 1.165) is 55.2 Å². The van der Waals surface area contributed by atoms with E-state index >= 15 is 0 Å². The fourth-order valence-electron chi connectivity index (χ4n) is 3.72. The van der Waals surface area contributed by atoms with Gasteiger partial charge in [0.1, 0.15) is 5.82 Å². The van der Waals surface area contributed by atoms with Crippen LogP contribution in [0.15, 0.2) is 60.9 Å². The smallest absolute Gasteiger partial charge is 0.255 e. The minimum absolute atomic E-state index is 0.129. The lowest BCUT2D eigenvalue weighted by Crippen LogP contribution is -2.41. The quantitative estimate of drug-likeness (QED) is 0.571. The summed E-state index contributed by atoms with van der Waals surface area (Å²) in [7, 11) is 0. The Hall–Kier alpha value is -3.29. The lowest BCUT2D eigenvalue weighted by atomic mass is 10.0. The highest BCUT2D eigenvalue weighted by Gasteiger charge is 2.16. The van der Waals surface area contributed by atoms with E-state index in [1.54, 1.807) is 12.4 Å². The second kappa shape index (κ2) is 10.8. The highest BCUT2D eigenvalue weighted by Crippen LogP contribution is 2.25. The van der Waals surface area contributed by atoms with Crippen molar-refractivity contribution in [3.05, 3.63) is 77.6 Å². The normalized spacial score (nSPS) is 14.2. The Bertz CT molecular complexity index is 1040. The molecule has 0 atom stereocenters. The summed E-state index contributed by atoms with van der Waals surface area (Å²) in [6.07, 6.45) is 3.55. The van der Waals surface area contributed by atoms with Gasteiger partial charge in [0.15, 0.2) is 0 Å². The molecule has 1 fully saturated rings. The van der Waals surface area contributed by atoms with Crippen LogP contribution in [0.5, 0.6) is 0 Å². The second-order valence-electron chi connectivity index (χ2n) is 7.83. The summed E-state index contributed by atoms with van der Waals surface area (Å²) in [5.41, 5.74) is 4.58. The molecular formula is C25H29N5O2. The van der Waals surface area contributed by atoms with E-state index in [0.29, 0.717) is 24.5 Å². The van der Waals surface area contributed by atoms with Crippen molar-refractivity contribution < 1.29 is 9.53 Å². The van der Waals surface area contributed by atoms with Gasteiger partial charge in [0.05, 0.1) is 24.5 Å². The molecule has 32 heavy (non-hydrogen) atoms. The molecule has 1 aromatic carbocycles. The number of amides is 1. The van der Waals surface area contributed by atoms with Crippen LogP contribution in [0, 0.1) is 6.92 Å². The number of nitrogens with zero attached hydrogens (tertiary/aromatic N) is 3. The molecule has 2 aromatic heterocycles. The third-order valence-electron chi connectivity index (χ3n) is 5.56. The van der Waals surface area contributed by atoms with Crippen LogP contribution in [-0.2, 0) is 11.3 Å². The fourth-order valence-corrected chi connectivity index (χ4v) is 3.72. The molecule has 3 heterocycles. The molecule has 0 spiro atoms. The number of rotatable bonds is 8. The maximum atomic E-state index is 13.0. The Morgan fingerprint density at radius 3 is 2.72 bits per heavy atom. The monoisotopic (exact) mass is 431 g/mol. The van der Waals surface area contributed by atoms with E-state index in [9.17, 15) is 4.79 Å². The van der Waals surface area contributed by atoms with Crippen molar-refractivity contribution in [1.82, 2.24) is 20.2 Å². The zero-order valence-corrected chi connectivity index (χ0v) is 18.4. The van der Waals surface area contributed by atoms with Crippen LogP contribution in [0.1, 0.15) is 21.5 Å². The molecule has 0 unspecified atom stereocenters. The molecular weight excluding hydrogens is 402 g/mol. The van der Waals surface area contributed by atoms with Gasteiger partial charge in [-0.3, -0.25) is 14.7 Å². The van der Waals surface area contributed by atoms with Crippen LogP contribution in [0.25, 0.3) is 11.3 Å². The molecule has 166 valence electrons. The van der Waals surface area contributed by atoms with Crippen LogP contribution < -0.4 is 10.6 Å². The van der Waals surface area contributed by atoms with Crippen molar-refractivity contribution in [3.8, 4) is 11.3 Å². The van der Waals surface area contributed by atoms with E-state index < -0.39 is 0 Å². The summed E-state index contributed by atoms with van der Waals surface area (Å²) >= 11 is 0. The zero-order chi connectivity index (χ0) is 22.2. The van der Waals surface area contributed by atoms with E-state index in [1.165, 1.54) is 0 Å². The summed E-state index contributed by atoms with van der Waals surface area (Å²) in [5, 5.41) is 6.38. The highest BCUT2D eigenvalue weighted by atomic mass is 16.5. The molecule has 0 saturated carbocycles. The molecule has 1 amide bonds. The number of ether oxygens (including phenoxy) is 1. The van der Waals surface area contributed by atoms with Crippen molar-refractivity contribution in [2.75, 3.05) is 44.7 Å². The number of pyridine rings is 2. The Morgan fingerprint density at radius 1 is 1.09 bits per heavy atom. The summed E-state index contributed by atoms with van der Waals surface area (Å²) < 4.78 is 5.38. The minimum Gasteiger partial charge on any atom is -0.379 e. The zero-order valence-electron chi connectivity index (χ0n) is 18.4. The third-order valence-corrected chi connectivity index (χ3v) is 5.56. The Kier molecular flexibility index (Phi) is 7.42. The molecule has 3 aromatic rings. The number of morpholine rings is 1. The number of hydrogen-bond acceptors (Lipinski definition) is 6. The Morgan fingerprint density at radius 2 is 1.94 bits per heavy atom. The summed E-state index contributed by atoms with van der Waals surface area (Å²) in [6, 6.07) is 15.8. The van der Waals surface area contributed by atoms with Gasteiger partial charge < -0.3 is 15.4 Å². The van der Waals surface area contributed by atoms with Crippen LogP contribution in [-0.4, -0.2) is 60.2 Å². The topological polar surface area (TPSA) is 79.4 Å². The molecule has 0 bridgehead atoms. The number of carbonyl (C=O) groups excluding carboxylic acids is 1. The van der Waals surface area contributed by atoms with Crippen LogP contribution in [0.2, 0.25) is 0 Å². The molecule has 1 aliphatic rings. The van der Waals surface area contributed by atoms with Crippen molar-refractivity contribution >= 4 is 11.7 Å². The van der Waals surface area contributed by atoms with Gasteiger partial charge in [-0.15, -0.1) is 0 Å². The molecule has 7 heteroatoms. The lowest BCUT2D eigenvalue weighted by Gasteiger charge is -2.26. The number of aromatic nitrogens is 2. The molecule has 0 radical (unpaired) electrons. The van der Waals surface area contributed by atoms with Gasteiger partial charge in [0.2, 0.25) is 0 Å². The summed E-state index contributed by atoms with van der Waals surface area (Å²) in [4.78, 5) is 24.3. The average molecular weight is 432 g/mol. The van der Waals surface area contributed by atoms with E-state index in [2.05, 4.69) is 33.5 Å². The van der Waals surface area contributed by atoms with Gasteiger partial charge in [-0.25, -0.2) is 4.98 Å². The summed E-state index contributed by atoms with van der Waals surface area (Å²) in [6.45, 7) is 7.29. The number of aryl methyl sites for hydroxylation is 1. The SMILES string of the molecule is Cc1ccccc1-c1ccc(C(=O)NCCN2CCOCC2)c(NCc2cccnc2)n1. The summed E-state index contributed by atoms with van der Waals surface area (Å²) in [5.74, 6) is 0.439. The molecule has 1 saturated heterocycles. The molecule has 4 rings (SSSR count). The molecule has 1 aliphatic heterocycles. The van der Waals surface area contributed by atoms with Crippen LogP contribution in [0.4, 0.5) is 5.82 Å². The molecule has 7 nitrogen and oxygen atoms in total. The van der Waals surface area contributed by atoms with E-state index in [4.69, 9.17) is 9.72 Å². The first-order valence-electron chi connectivity index (χ1n) is 11.0. The predicted octanol–water partition coefficient (Wildman–Crippen LogP) is 3.13. The first-order valence-corrected chi connectivity index (χ1v) is 11.0. The minimum atomic E-state index is -0.129. The second-order valence-corrected chi connectivity index (χ2v) is 7.83. The van der Waals surface area contributed by atoms with E-state index in [1.807, 2.05) is 42.5 Å². The van der Waals surface area contributed by atoms with Gasteiger partial charge >= 0.3 is 0 Å². The van der Waals surface area contributed by atoms with Gasteiger partial charge in [-0.1, -0.05) is 30.3 Å². The Balaban J connectivity index is 1.51. The number of benzene rings is 1. The number of hydrogen-bond donors (Lipinski definition) is 2. The first kappa shape index (κ1) is 21.9. The standard InChI is InChI=1S/C25H29N5O2/c1-19-5-2-3-7-21(19)23-9-8-22(24(29-23)28-18-20-6-4-10-26-17-20)25(31)27-11-12-30-13-15-32-16-14-30/h2-10,17H,11-16,18H2,1H3,(H,27,31)(H,28,29). The molecule has 0 aliphatic carbocycles. The maximum absolute atomic E-state index is 13.0. The predicted molar refractivity (Wildman–Crippen MR) is 126 cm³/mol. The van der Waals surface area contributed by atoms with Gasteiger partial charge in [-0.2, -0.15) is 0 Å². The van der Waals surface area contributed by atoms with Gasteiger partial charge in [0.25, 0.3) is 5.91 Å². The van der Waals surface area contributed by atoms with E-state index in [-0.39, 0.29) is 5.91 Å². The lowest BCUT2D eigenvalue weighted by molar-refractivity contribution is 0.0383. The van der Waals surface area contributed by atoms with Crippen molar-refractivity contribution in [3.63, 3.8) is 0 Å². The van der Waals surface area contributed by atoms with Crippen molar-refractivity contribution in [1.29, 1.82) is 0 Å². The average Bonchev–Trinajstić information content (AvgIpc) is 2.84. The first-order chi connectivity index (χ1) is 15.7. The molecule has 2 N–H and O–H groups in total. The Labute approximate surface area is 188 Å². The number of nitrogens with one attached hydrogen (secondary N) is 2. The van der Waals surface area contributed by atoms with Crippen LogP contribution >= 0.6 is 0 Å². The number of anilines is 1. The fraction of sp³-hybridized carbons (Fsp3) is 0.320. The van der Waals surface area contributed by atoms with Crippen molar-refractivity contribution in [2.24, 2.45) is 0 Å². The van der Waals surface area contributed by atoms with Crippen molar-refractivity contribution in [2.45, 2.75) is 13.5 Å². The maximum Gasteiger partial charge on any atom is 0.255 e. The van der Waals surface area contributed by atoms with Crippen LogP contribution in [0.3, 0.4) is 0 Å². The van der Waals surface area contributed by atoms with Gasteiger partial charge in [-0.05, 0) is 36.2 Å². The highest BCUT2D eigenvalue weighted by molar-refractivity contribution is 5.99. The van der Waals surface area contributed by atoms with Gasteiger partial charge in [0, 0.05) is 50.7 Å². The number of carbonyl (C=O) groups is 1. The largest absolute Gasteiger partial charge is 0.379 e.